The van der Waals surface area contributed by atoms with Gasteiger partial charge in [0.25, 0.3) is 0 Å². The molecule has 0 aliphatic rings. The standard InChI is InChI=1S/C13H8ClFN2/c14-12-5-2-6-13-16-11(8-17(12)13)9-3-1-4-10(15)7-9/h1-8H. The highest BCUT2D eigenvalue weighted by atomic mass is 35.5. The van der Waals surface area contributed by atoms with Crippen LogP contribution >= 0.6 is 11.6 Å². The van der Waals surface area contributed by atoms with E-state index in [2.05, 4.69) is 4.98 Å². The van der Waals surface area contributed by atoms with Gasteiger partial charge >= 0.3 is 0 Å². The van der Waals surface area contributed by atoms with Crippen molar-refractivity contribution < 1.29 is 4.39 Å². The number of halogens is 2. The summed E-state index contributed by atoms with van der Waals surface area (Å²) in [7, 11) is 0. The first-order valence-electron chi connectivity index (χ1n) is 5.13. The van der Waals surface area contributed by atoms with Gasteiger partial charge in [0.1, 0.15) is 16.6 Å². The Hall–Kier alpha value is -1.87. The first-order valence-corrected chi connectivity index (χ1v) is 5.51. The van der Waals surface area contributed by atoms with Gasteiger partial charge in [0, 0.05) is 11.8 Å². The number of aromatic nitrogens is 2. The molecule has 4 heteroatoms. The summed E-state index contributed by atoms with van der Waals surface area (Å²) in [6, 6.07) is 11.8. The van der Waals surface area contributed by atoms with Crippen molar-refractivity contribution in [2.75, 3.05) is 0 Å². The number of imidazole rings is 1. The SMILES string of the molecule is Fc1cccc(-c2cn3c(Cl)cccc3n2)c1. The fourth-order valence-corrected chi connectivity index (χ4v) is 1.97. The quantitative estimate of drug-likeness (QED) is 0.597. The topological polar surface area (TPSA) is 17.3 Å². The monoisotopic (exact) mass is 246 g/mol. The molecule has 3 aromatic rings. The van der Waals surface area contributed by atoms with Crippen LogP contribution < -0.4 is 0 Å². The third-order valence-electron chi connectivity index (χ3n) is 2.56. The highest BCUT2D eigenvalue weighted by Gasteiger charge is 2.06. The Morgan fingerprint density at radius 3 is 2.71 bits per heavy atom. The smallest absolute Gasteiger partial charge is 0.138 e. The number of pyridine rings is 1. The molecule has 0 amide bonds. The largest absolute Gasteiger partial charge is 0.290 e. The molecule has 2 heterocycles. The van der Waals surface area contributed by atoms with Gasteiger partial charge in [-0.2, -0.15) is 0 Å². The average molecular weight is 247 g/mol. The van der Waals surface area contributed by atoms with Crippen molar-refractivity contribution in [3.8, 4) is 11.3 Å². The molecule has 0 atom stereocenters. The van der Waals surface area contributed by atoms with Crippen molar-refractivity contribution in [1.29, 1.82) is 0 Å². The molecule has 0 fully saturated rings. The molecule has 0 saturated carbocycles. The molecule has 17 heavy (non-hydrogen) atoms. The molecule has 0 unspecified atom stereocenters. The second-order valence-corrected chi connectivity index (χ2v) is 4.10. The van der Waals surface area contributed by atoms with E-state index in [1.54, 1.807) is 22.7 Å². The lowest BCUT2D eigenvalue weighted by Gasteiger charge is -1.95. The van der Waals surface area contributed by atoms with E-state index in [4.69, 9.17) is 11.6 Å². The number of benzene rings is 1. The molecule has 0 aliphatic heterocycles. The molecular weight excluding hydrogens is 239 g/mol. The molecule has 84 valence electrons. The Morgan fingerprint density at radius 2 is 1.94 bits per heavy atom. The van der Waals surface area contributed by atoms with Crippen LogP contribution in [-0.4, -0.2) is 9.38 Å². The summed E-state index contributed by atoms with van der Waals surface area (Å²) in [4.78, 5) is 4.40. The highest BCUT2D eigenvalue weighted by Crippen LogP contribution is 2.22. The van der Waals surface area contributed by atoms with Crippen LogP contribution in [0.5, 0.6) is 0 Å². The highest BCUT2D eigenvalue weighted by molar-refractivity contribution is 6.29. The lowest BCUT2D eigenvalue weighted by Crippen LogP contribution is -1.82. The maximum Gasteiger partial charge on any atom is 0.138 e. The van der Waals surface area contributed by atoms with Gasteiger partial charge in [0.2, 0.25) is 0 Å². The Kier molecular flexibility index (Phi) is 2.34. The summed E-state index contributed by atoms with van der Waals surface area (Å²) in [5.74, 6) is -0.273. The van der Waals surface area contributed by atoms with Crippen LogP contribution in [0.25, 0.3) is 16.9 Å². The van der Waals surface area contributed by atoms with Gasteiger partial charge < -0.3 is 0 Å². The van der Waals surface area contributed by atoms with E-state index in [0.29, 0.717) is 10.8 Å². The molecule has 0 radical (unpaired) electrons. The zero-order valence-corrected chi connectivity index (χ0v) is 9.53. The van der Waals surface area contributed by atoms with Crippen LogP contribution in [-0.2, 0) is 0 Å². The summed E-state index contributed by atoms with van der Waals surface area (Å²) < 4.78 is 14.9. The first kappa shape index (κ1) is 10.3. The van der Waals surface area contributed by atoms with Crippen LogP contribution in [0.15, 0.2) is 48.7 Å². The predicted octanol–water partition coefficient (Wildman–Crippen LogP) is 3.79. The van der Waals surface area contributed by atoms with E-state index in [9.17, 15) is 4.39 Å². The lowest BCUT2D eigenvalue weighted by molar-refractivity contribution is 0.628. The Labute approximate surface area is 102 Å². The maximum atomic E-state index is 13.1. The van der Waals surface area contributed by atoms with Gasteiger partial charge in [-0.3, -0.25) is 4.40 Å². The Balaban J connectivity index is 2.22. The van der Waals surface area contributed by atoms with Crippen molar-refractivity contribution in [1.82, 2.24) is 9.38 Å². The summed E-state index contributed by atoms with van der Waals surface area (Å²) in [6.07, 6.45) is 1.80. The van der Waals surface area contributed by atoms with Crippen LogP contribution in [0.2, 0.25) is 5.15 Å². The predicted molar refractivity (Wildman–Crippen MR) is 65.6 cm³/mol. The van der Waals surface area contributed by atoms with Gasteiger partial charge in [-0.25, -0.2) is 9.37 Å². The van der Waals surface area contributed by atoms with Crippen LogP contribution in [0.1, 0.15) is 0 Å². The number of rotatable bonds is 1. The van der Waals surface area contributed by atoms with E-state index < -0.39 is 0 Å². The Bertz CT molecular complexity index is 691. The third kappa shape index (κ3) is 1.78. The van der Waals surface area contributed by atoms with E-state index in [0.717, 1.165) is 11.2 Å². The molecule has 0 N–H and O–H groups in total. The van der Waals surface area contributed by atoms with E-state index in [1.807, 2.05) is 18.2 Å². The van der Waals surface area contributed by atoms with E-state index in [-0.39, 0.29) is 5.82 Å². The molecule has 0 spiro atoms. The fraction of sp³-hybridized carbons (Fsp3) is 0. The summed E-state index contributed by atoms with van der Waals surface area (Å²) in [5, 5.41) is 0.581. The van der Waals surface area contributed by atoms with Gasteiger partial charge in [-0.1, -0.05) is 29.8 Å². The number of hydrogen-bond donors (Lipinski definition) is 0. The molecule has 0 bridgehead atoms. The van der Waals surface area contributed by atoms with Crippen LogP contribution in [0, 0.1) is 5.82 Å². The van der Waals surface area contributed by atoms with E-state index in [1.165, 1.54) is 12.1 Å². The maximum absolute atomic E-state index is 13.1. The normalized spacial score (nSPS) is 10.9. The second kappa shape index (κ2) is 3.86. The van der Waals surface area contributed by atoms with Crippen molar-refractivity contribution >= 4 is 17.2 Å². The molecule has 2 aromatic heterocycles. The second-order valence-electron chi connectivity index (χ2n) is 3.71. The minimum Gasteiger partial charge on any atom is -0.290 e. The van der Waals surface area contributed by atoms with Gasteiger partial charge in [0.15, 0.2) is 0 Å². The van der Waals surface area contributed by atoms with Crippen molar-refractivity contribution in [3.63, 3.8) is 0 Å². The summed E-state index contributed by atoms with van der Waals surface area (Å²) in [5.41, 5.74) is 2.19. The average Bonchev–Trinajstić information content (AvgIpc) is 2.74. The summed E-state index contributed by atoms with van der Waals surface area (Å²) in [6.45, 7) is 0. The molecule has 1 aromatic carbocycles. The molecular formula is C13H8ClFN2. The molecule has 0 aliphatic carbocycles. The summed E-state index contributed by atoms with van der Waals surface area (Å²) >= 11 is 6.04. The lowest BCUT2D eigenvalue weighted by atomic mass is 10.2. The molecule has 3 rings (SSSR count). The van der Waals surface area contributed by atoms with Crippen molar-refractivity contribution in [3.05, 3.63) is 59.6 Å². The minimum absolute atomic E-state index is 0.273. The van der Waals surface area contributed by atoms with Gasteiger partial charge in [-0.05, 0) is 24.3 Å². The van der Waals surface area contributed by atoms with Crippen molar-refractivity contribution in [2.45, 2.75) is 0 Å². The van der Waals surface area contributed by atoms with E-state index >= 15 is 0 Å². The van der Waals surface area contributed by atoms with Crippen molar-refractivity contribution in [2.24, 2.45) is 0 Å². The number of fused-ring (bicyclic) bond motifs is 1. The molecule has 0 saturated heterocycles. The Morgan fingerprint density at radius 1 is 1.12 bits per heavy atom. The number of nitrogens with zero attached hydrogens (tertiary/aromatic N) is 2. The minimum atomic E-state index is -0.273. The zero-order valence-electron chi connectivity index (χ0n) is 8.77. The zero-order chi connectivity index (χ0) is 11.8. The number of hydrogen-bond acceptors (Lipinski definition) is 1. The fourth-order valence-electron chi connectivity index (χ4n) is 1.76. The third-order valence-corrected chi connectivity index (χ3v) is 2.87. The van der Waals surface area contributed by atoms with Crippen LogP contribution in [0.4, 0.5) is 4.39 Å². The first-order chi connectivity index (χ1) is 8.24. The van der Waals surface area contributed by atoms with Gasteiger partial charge in [-0.15, -0.1) is 0 Å². The van der Waals surface area contributed by atoms with Crippen LogP contribution in [0.3, 0.4) is 0 Å². The van der Waals surface area contributed by atoms with Gasteiger partial charge in [0.05, 0.1) is 5.69 Å². The molecule has 2 nitrogen and oxygen atoms in total.